The first kappa shape index (κ1) is 10.9. The van der Waals surface area contributed by atoms with E-state index >= 15 is 0 Å². The first-order valence-electron chi connectivity index (χ1n) is 5.48. The molecule has 0 N–H and O–H groups in total. The van der Waals surface area contributed by atoms with E-state index in [-0.39, 0.29) is 0 Å². The molecule has 0 aliphatic heterocycles. The second-order valence-electron chi connectivity index (χ2n) is 4.10. The van der Waals surface area contributed by atoms with E-state index in [4.69, 9.17) is 0 Å². The largest absolute Gasteiger partial charge is 0.357 e. The maximum Gasteiger partial charge on any atom is 0.133 e. The molecular weight excluding hydrogens is 254 g/mol. The second kappa shape index (κ2) is 4.92. The second-order valence-corrected chi connectivity index (χ2v) is 4.91. The lowest BCUT2D eigenvalue weighted by molar-refractivity contribution is 0.426. The van der Waals surface area contributed by atoms with Crippen LogP contribution in [0.2, 0.25) is 0 Å². The standard InChI is InChI=1S/C11H16BrN3/c1-15(9-5-3-2-4-6-9)11-7-10(12)13-8-14-11/h7-9H,2-6H2,1H3. The fourth-order valence-electron chi connectivity index (χ4n) is 2.17. The average Bonchev–Trinajstić information content (AvgIpc) is 2.29. The summed E-state index contributed by atoms with van der Waals surface area (Å²) in [6.45, 7) is 0. The smallest absolute Gasteiger partial charge is 0.133 e. The van der Waals surface area contributed by atoms with Crippen LogP contribution < -0.4 is 4.90 Å². The Morgan fingerprint density at radius 2 is 2.00 bits per heavy atom. The number of hydrogen-bond donors (Lipinski definition) is 0. The lowest BCUT2D eigenvalue weighted by Crippen LogP contribution is -2.33. The molecule has 0 unspecified atom stereocenters. The SMILES string of the molecule is CN(c1cc(Br)ncn1)C1CCCCC1. The fraction of sp³-hybridized carbons (Fsp3) is 0.636. The van der Waals surface area contributed by atoms with Crippen LogP contribution in [0.15, 0.2) is 17.0 Å². The zero-order chi connectivity index (χ0) is 10.7. The summed E-state index contributed by atoms with van der Waals surface area (Å²) in [5, 5.41) is 0. The van der Waals surface area contributed by atoms with Gasteiger partial charge in [0.15, 0.2) is 0 Å². The molecule has 15 heavy (non-hydrogen) atoms. The van der Waals surface area contributed by atoms with Crippen molar-refractivity contribution in [3.8, 4) is 0 Å². The van der Waals surface area contributed by atoms with Crippen LogP contribution >= 0.6 is 15.9 Å². The Hall–Kier alpha value is -0.640. The Bertz CT molecular complexity index is 323. The van der Waals surface area contributed by atoms with Gasteiger partial charge in [0.1, 0.15) is 16.7 Å². The molecule has 0 saturated heterocycles. The van der Waals surface area contributed by atoms with Gasteiger partial charge in [0.25, 0.3) is 0 Å². The topological polar surface area (TPSA) is 29.0 Å². The first-order valence-corrected chi connectivity index (χ1v) is 6.27. The molecule has 1 saturated carbocycles. The highest BCUT2D eigenvalue weighted by molar-refractivity contribution is 9.10. The molecule has 3 nitrogen and oxygen atoms in total. The minimum absolute atomic E-state index is 0.653. The number of nitrogens with zero attached hydrogens (tertiary/aromatic N) is 3. The summed E-state index contributed by atoms with van der Waals surface area (Å²) >= 11 is 3.38. The minimum atomic E-state index is 0.653. The Kier molecular flexibility index (Phi) is 3.57. The maximum atomic E-state index is 4.30. The van der Waals surface area contributed by atoms with E-state index in [1.165, 1.54) is 32.1 Å². The summed E-state index contributed by atoms with van der Waals surface area (Å²) in [7, 11) is 2.13. The lowest BCUT2D eigenvalue weighted by atomic mass is 9.94. The van der Waals surface area contributed by atoms with Gasteiger partial charge in [-0.05, 0) is 28.8 Å². The summed E-state index contributed by atoms with van der Waals surface area (Å²) in [6, 6.07) is 2.63. The van der Waals surface area contributed by atoms with Crippen LogP contribution in [-0.4, -0.2) is 23.1 Å². The van der Waals surface area contributed by atoms with Gasteiger partial charge in [-0.1, -0.05) is 19.3 Å². The molecule has 0 atom stereocenters. The highest BCUT2D eigenvalue weighted by atomic mass is 79.9. The summed E-state index contributed by atoms with van der Waals surface area (Å²) in [5.74, 6) is 1.02. The molecule has 0 spiro atoms. The third kappa shape index (κ3) is 2.68. The molecule has 1 fully saturated rings. The molecular formula is C11H16BrN3. The predicted octanol–water partition coefficient (Wildman–Crippen LogP) is 3.01. The molecule has 1 aromatic rings. The third-order valence-corrected chi connectivity index (χ3v) is 3.54. The number of rotatable bonds is 2. The van der Waals surface area contributed by atoms with Crippen molar-refractivity contribution in [1.29, 1.82) is 0 Å². The molecule has 0 bridgehead atoms. The Morgan fingerprint density at radius 3 is 2.67 bits per heavy atom. The van der Waals surface area contributed by atoms with Crippen molar-refractivity contribution in [2.45, 2.75) is 38.1 Å². The quantitative estimate of drug-likeness (QED) is 0.773. The van der Waals surface area contributed by atoms with Crippen molar-refractivity contribution in [3.63, 3.8) is 0 Å². The molecule has 0 aromatic carbocycles. The van der Waals surface area contributed by atoms with Crippen LogP contribution in [0.1, 0.15) is 32.1 Å². The van der Waals surface area contributed by atoms with Crippen LogP contribution in [0, 0.1) is 0 Å². The van der Waals surface area contributed by atoms with Crippen LogP contribution in [0.3, 0.4) is 0 Å². The van der Waals surface area contributed by atoms with Crippen molar-refractivity contribution in [2.75, 3.05) is 11.9 Å². The summed E-state index contributed by atoms with van der Waals surface area (Å²) in [5.41, 5.74) is 0. The molecule has 1 heterocycles. The van der Waals surface area contributed by atoms with Crippen molar-refractivity contribution < 1.29 is 0 Å². The molecule has 1 aliphatic rings. The van der Waals surface area contributed by atoms with Gasteiger partial charge in [-0.3, -0.25) is 0 Å². The van der Waals surface area contributed by atoms with Crippen molar-refractivity contribution in [2.24, 2.45) is 0 Å². The van der Waals surface area contributed by atoms with E-state index in [1.807, 2.05) is 6.07 Å². The van der Waals surface area contributed by atoms with Crippen molar-refractivity contribution in [3.05, 3.63) is 17.0 Å². The predicted molar refractivity (Wildman–Crippen MR) is 65.0 cm³/mol. The highest BCUT2D eigenvalue weighted by Crippen LogP contribution is 2.25. The van der Waals surface area contributed by atoms with Gasteiger partial charge in [-0.15, -0.1) is 0 Å². The van der Waals surface area contributed by atoms with E-state index in [1.54, 1.807) is 6.33 Å². The normalized spacial score (nSPS) is 17.7. The van der Waals surface area contributed by atoms with Gasteiger partial charge < -0.3 is 4.90 Å². The molecule has 0 radical (unpaired) electrons. The summed E-state index contributed by atoms with van der Waals surface area (Å²) in [4.78, 5) is 10.6. The molecule has 4 heteroatoms. The van der Waals surface area contributed by atoms with E-state index < -0.39 is 0 Å². The zero-order valence-electron chi connectivity index (χ0n) is 8.99. The Labute approximate surface area is 99.0 Å². The molecule has 2 rings (SSSR count). The lowest BCUT2D eigenvalue weighted by Gasteiger charge is -2.31. The Morgan fingerprint density at radius 1 is 1.27 bits per heavy atom. The molecule has 0 amide bonds. The van der Waals surface area contributed by atoms with Crippen LogP contribution in [-0.2, 0) is 0 Å². The van der Waals surface area contributed by atoms with Crippen LogP contribution in [0.25, 0.3) is 0 Å². The third-order valence-electron chi connectivity index (χ3n) is 3.10. The zero-order valence-corrected chi connectivity index (χ0v) is 10.6. The molecule has 1 aromatic heterocycles. The first-order chi connectivity index (χ1) is 7.27. The summed E-state index contributed by atoms with van der Waals surface area (Å²) < 4.78 is 0.857. The summed E-state index contributed by atoms with van der Waals surface area (Å²) in [6.07, 6.45) is 8.27. The molecule has 82 valence electrons. The van der Waals surface area contributed by atoms with E-state index in [0.29, 0.717) is 6.04 Å². The minimum Gasteiger partial charge on any atom is -0.357 e. The van der Waals surface area contributed by atoms with Crippen LogP contribution in [0.5, 0.6) is 0 Å². The van der Waals surface area contributed by atoms with Crippen molar-refractivity contribution in [1.82, 2.24) is 9.97 Å². The van der Waals surface area contributed by atoms with Gasteiger partial charge in [-0.2, -0.15) is 0 Å². The van der Waals surface area contributed by atoms with E-state index in [9.17, 15) is 0 Å². The van der Waals surface area contributed by atoms with Gasteiger partial charge in [0.2, 0.25) is 0 Å². The monoisotopic (exact) mass is 269 g/mol. The van der Waals surface area contributed by atoms with Gasteiger partial charge in [0.05, 0.1) is 0 Å². The Balaban J connectivity index is 2.08. The average molecular weight is 270 g/mol. The van der Waals surface area contributed by atoms with E-state index in [0.717, 1.165) is 10.4 Å². The number of halogens is 1. The number of hydrogen-bond acceptors (Lipinski definition) is 3. The number of aromatic nitrogens is 2. The van der Waals surface area contributed by atoms with Gasteiger partial charge >= 0.3 is 0 Å². The fourth-order valence-corrected chi connectivity index (χ4v) is 2.47. The van der Waals surface area contributed by atoms with Gasteiger partial charge in [0, 0.05) is 19.2 Å². The maximum absolute atomic E-state index is 4.30. The van der Waals surface area contributed by atoms with E-state index in [2.05, 4.69) is 37.8 Å². The van der Waals surface area contributed by atoms with Gasteiger partial charge in [-0.25, -0.2) is 9.97 Å². The van der Waals surface area contributed by atoms with Crippen molar-refractivity contribution >= 4 is 21.7 Å². The molecule has 1 aliphatic carbocycles. The highest BCUT2D eigenvalue weighted by Gasteiger charge is 2.19. The number of anilines is 1. The van der Waals surface area contributed by atoms with Crippen LogP contribution in [0.4, 0.5) is 5.82 Å².